The van der Waals surface area contributed by atoms with Gasteiger partial charge in [-0.05, 0) is 33.1 Å². The van der Waals surface area contributed by atoms with Crippen LogP contribution in [-0.2, 0) is 0 Å². The second kappa shape index (κ2) is 6.21. The molecule has 0 unspecified atom stereocenters. The van der Waals surface area contributed by atoms with Crippen LogP contribution in [0.15, 0.2) is 23.8 Å². The van der Waals surface area contributed by atoms with Gasteiger partial charge in [0.15, 0.2) is 0 Å². The lowest BCUT2D eigenvalue weighted by atomic mass is 10.1. The van der Waals surface area contributed by atoms with Gasteiger partial charge in [0.25, 0.3) is 0 Å². The number of hydrogen-bond donors (Lipinski definition) is 0. The van der Waals surface area contributed by atoms with E-state index in [1.807, 2.05) is 0 Å². The molecule has 0 aliphatic heterocycles. The van der Waals surface area contributed by atoms with Crippen molar-refractivity contribution >= 4 is 0 Å². The molecule has 11 heavy (non-hydrogen) atoms. The maximum atomic E-state index is 3.86. The van der Waals surface area contributed by atoms with Crippen molar-refractivity contribution in [2.45, 2.75) is 46.5 Å². The summed E-state index contributed by atoms with van der Waals surface area (Å²) < 4.78 is 0. The topological polar surface area (TPSA) is 0 Å². The van der Waals surface area contributed by atoms with Gasteiger partial charge < -0.3 is 0 Å². The van der Waals surface area contributed by atoms with Gasteiger partial charge in [-0.25, -0.2) is 0 Å². The zero-order valence-electron chi connectivity index (χ0n) is 8.11. The van der Waals surface area contributed by atoms with Gasteiger partial charge in [0.1, 0.15) is 0 Å². The summed E-state index contributed by atoms with van der Waals surface area (Å²) in [5.41, 5.74) is 2.76. The zero-order valence-corrected chi connectivity index (χ0v) is 8.11. The number of allylic oxidation sites excluding steroid dienone is 3. The molecule has 0 aliphatic rings. The standard InChI is InChI=1S/C11H20/c1-5-6-7-11(4)9-8-10(2)3/h9H,2,5-8H2,1,3-4H3. The first kappa shape index (κ1) is 10.5. The molecule has 0 aromatic heterocycles. The first-order valence-electron chi connectivity index (χ1n) is 4.46. The summed E-state index contributed by atoms with van der Waals surface area (Å²) >= 11 is 0. The lowest BCUT2D eigenvalue weighted by Gasteiger charge is -1.98. The van der Waals surface area contributed by atoms with Crippen LogP contribution in [0.1, 0.15) is 46.5 Å². The lowest BCUT2D eigenvalue weighted by molar-refractivity contribution is 0.784. The minimum atomic E-state index is 1.05. The third kappa shape index (κ3) is 7.38. The van der Waals surface area contributed by atoms with E-state index in [1.165, 1.54) is 30.4 Å². The van der Waals surface area contributed by atoms with Crippen molar-refractivity contribution in [3.05, 3.63) is 23.8 Å². The van der Waals surface area contributed by atoms with Gasteiger partial charge >= 0.3 is 0 Å². The highest BCUT2D eigenvalue weighted by molar-refractivity contribution is 5.05. The molecule has 0 N–H and O–H groups in total. The van der Waals surface area contributed by atoms with Crippen LogP contribution < -0.4 is 0 Å². The van der Waals surface area contributed by atoms with Crippen molar-refractivity contribution in [2.75, 3.05) is 0 Å². The van der Waals surface area contributed by atoms with E-state index >= 15 is 0 Å². The molecule has 0 spiro atoms. The molecule has 0 amide bonds. The molecule has 0 heteroatoms. The summed E-state index contributed by atoms with van der Waals surface area (Å²) in [6.45, 7) is 10.4. The van der Waals surface area contributed by atoms with E-state index in [9.17, 15) is 0 Å². The van der Waals surface area contributed by atoms with E-state index in [1.54, 1.807) is 0 Å². The van der Waals surface area contributed by atoms with Crippen molar-refractivity contribution in [3.8, 4) is 0 Å². The van der Waals surface area contributed by atoms with Crippen LogP contribution in [0.2, 0.25) is 0 Å². The van der Waals surface area contributed by atoms with E-state index < -0.39 is 0 Å². The van der Waals surface area contributed by atoms with Crippen molar-refractivity contribution in [1.82, 2.24) is 0 Å². The normalized spacial score (nSPS) is 11.7. The summed E-state index contributed by atoms with van der Waals surface area (Å²) in [4.78, 5) is 0. The van der Waals surface area contributed by atoms with Crippen LogP contribution in [0.3, 0.4) is 0 Å². The highest BCUT2D eigenvalue weighted by atomic mass is 13.9. The highest BCUT2D eigenvalue weighted by Crippen LogP contribution is 2.08. The second-order valence-corrected chi connectivity index (χ2v) is 3.32. The molecule has 0 saturated heterocycles. The molecule has 0 atom stereocenters. The van der Waals surface area contributed by atoms with Crippen LogP contribution in [0.4, 0.5) is 0 Å². The Bertz CT molecular complexity index is 140. The molecule has 0 radical (unpaired) electrons. The minimum absolute atomic E-state index is 1.05. The summed E-state index contributed by atoms with van der Waals surface area (Å²) in [6, 6.07) is 0. The molecular weight excluding hydrogens is 132 g/mol. The van der Waals surface area contributed by atoms with Crippen LogP contribution in [0.25, 0.3) is 0 Å². The van der Waals surface area contributed by atoms with Gasteiger partial charge in [-0.2, -0.15) is 0 Å². The Morgan fingerprint density at radius 2 is 2.00 bits per heavy atom. The predicted octanol–water partition coefficient (Wildman–Crippen LogP) is 4.09. The number of unbranched alkanes of at least 4 members (excludes halogenated alkanes) is 1. The minimum Gasteiger partial charge on any atom is -0.0998 e. The van der Waals surface area contributed by atoms with Gasteiger partial charge in [0, 0.05) is 0 Å². The van der Waals surface area contributed by atoms with E-state index in [0.29, 0.717) is 0 Å². The fraction of sp³-hybridized carbons (Fsp3) is 0.636. The SMILES string of the molecule is C=C(C)CC=C(C)CCCC. The third-order valence-electron chi connectivity index (χ3n) is 1.72. The van der Waals surface area contributed by atoms with Gasteiger partial charge in [0.2, 0.25) is 0 Å². The predicted molar refractivity (Wildman–Crippen MR) is 52.7 cm³/mol. The van der Waals surface area contributed by atoms with Crippen molar-refractivity contribution in [1.29, 1.82) is 0 Å². The van der Waals surface area contributed by atoms with E-state index in [-0.39, 0.29) is 0 Å². The average Bonchev–Trinajstić information content (AvgIpc) is 1.97. The van der Waals surface area contributed by atoms with Crippen LogP contribution in [0, 0.1) is 0 Å². The summed E-state index contributed by atoms with van der Waals surface area (Å²) in [5, 5.41) is 0. The number of rotatable bonds is 5. The second-order valence-electron chi connectivity index (χ2n) is 3.32. The fourth-order valence-corrected chi connectivity index (χ4v) is 0.906. The van der Waals surface area contributed by atoms with Gasteiger partial charge in [-0.15, -0.1) is 0 Å². The Kier molecular flexibility index (Phi) is 5.91. The van der Waals surface area contributed by atoms with Gasteiger partial charge in [0.05, 0.1) is 0 Å². The largest absolute Gasteiger partial charge is 0.0998 e. The Morgan fingerprint density at radius 3 is 2.45 bits per heavy atom. The van der Waals surface area contributed by atoms with Crippen molar-refractivity contribution in [2.24, 2.45) is 0 Å². The first-order chi connectivity index (χ1) is 5.16. The molecule has 0 saturated carbocycles. The smallest absolute Gasteiger partial charge is 0.0142 e. The molecule has 0 fully saturated rings. The molecule has 0 aromatic rings. The lowest BCUT2D eigenvalue weighted by Crippen LogP contribution is -1.78. The van der Waals surface area contributed by atoms with Crippen molar-refractivity contribution in [3.63, 3.8) is 0 Å². The fourth-order valence-electron chi connectivity index (χ4n) is 0.906. The summed E-state index contributed by atoms with van der Waals surface area (Å²) in [6.07, 6.45) is 7.20. The highest BCUT2D eigenvalue weighted by Gasteiger charge is 1.88. The Labute approximate surface area is 71.0 Å². The Morgan fingerprint density at radius 1 is 1.36 bits per heavy atom. The monoisotopic (exact) mass is 152 g/mol. The van der Waals surface area contributed by atoms with E-state index in [2.05, 4.69) is 33.4 Å². The van der Waals surface area contributed by atoms with Crippen LogP contribution in [0.5, 0.6) is 0 Å². The van der Waals surface area contributed by atoms with E-state index in [4.69, 9.17) is 0 Å². The maximum Gasteiger partial charge on any atom is -0.0142 e. The Hall–Kier alpha value is -0.520. The van der Waals surface area contributed by atoms with Crippen LogP contribution >= 0.6 is 0 Å². The molecular formula is C11H20. The summed E-state index contributed by atoms with van der Waals surface area (Å²) in [5.74, 6) is 0. The third-order valence-corrected chi connectivity index (χ3v) is 1.72. The zero-order chi connectivity index (χ0) is 8.69. The van der Waals surface area contributed by atoms with Gasteiger partial charge in [-0.1, -0.05) is 37.1 Å². The molecule has 0 heterocycles. The molecule has 0 rings (SSSR count). The quantitative estimate of drug-likeness (QED) is 0.520. The van der Waals surface area contributed by atoms with E-state index in [0.717, 1.165) is 6.42 Å². The van der Waals surface area contributed by atoms with Gasteiger partial charge in [-0.3, -0.25) is 0 Å². The molecule has 0 bridgehead atoms. The summed E-state index contributed by atoms with van der Waals surface area (Å²) in [7, 11) is 0. The average molecular weight is 152 g/mol. The maximum absolute atomic E-state index is 3.86. The molecule has 0 aromatic carbocycles. The van der Waals surface area contributed by atoms with Crippen molar-refractivity contribution < 1.29 is 0 Å². The first-order valence-corrected chi connectivity index (χ1v) is 4.46. The Balaban J connectivity index is 3.54. The molecule has 0 nitrogen and oxygen atoms in total. The molecule has 64 valence electrons. The number of hydrogen-bond acceptors (Lipinski definition) is 0. The van der Waals surface area contributed by atoms with Crippen LogP contribution in [-0.4, -0.2) is 0 Å². The molecule has 0 aliphatic carbocycles.